The summed E-state index contributed by atoms with van der Waals surface area (Å²) < 4.78 is 3.60. The van der Waals surface area contributed by atoms with Gasteiger partial charge in [-0.05, 0) is 33.8 Å². The van der Waals surface area contributed by atoms with Crippen LogP contribution in [0.15, 0.2) is 35.4 Å². The highest BCUT2D eigenvalue weighted by molar-refractivity contribution is 6.23. The molecule has 1 aromatic heterocycles. The van der Waals surface area contributed by atoms with Crippen LogP contribution >= 0.6 is 0 Å². The van der Waals surface area contributed by atoms with Gasteiger partial charge < -0.3 is 0 Å². The minimum atomic E-state index is -0.665. The van der Waals surface area contributed by atoms with Gasteiger partial charge in [-0.15, -0.1) is 9.78 Å². The number of imide groups is 1. The number of urea groups is 1. The monoisotopic (exact) mass is 369 g/mol. The number of aromatic nitrogens is 2. The zero-order chi connectivity index (χ0) is 19.9. The number of likely N-dealkylation sites (N-methyl/N-ethyl adjacent to an activating group) is 1. The van der Waals surface area contributed by atoms with Crippen LogP contribution in [0.1, 0.15) is 25.2 Å². The third kappa shape index (κ3) is 3.11. The summed E-state index contributed by atoms with van der Waals surface area (Å²) in [6.45, 7) is 12.1. The first-order valence-electron chi connectivity index (χ1n) is 8.86. The van der Waals surface area contributed by atoms with Crippen LogP contribution in [0, 0.1) is 13.8 Å². The maximum absolute atomic E-state index is 13.2. The molecule has 27 heavy (non-hydrogen) atoms. The van der Waals surface area contributed by atoms with E-state index in [1.54, 1.807) is 18.7 Å². The van der Waals surface area contributed by atoms with E-state index in [4.69, 9.17) is 0 Å². The van der Waals surface area contributed by atoms with E-state index in [-0.39, 0.29) is 12.5 Å². The first-order valence-corrected chi connectivity index (χ1v) is 8.86. The van der Waals surface area contributed by atoms with E-state index in [1.165, 1.54) is 9.80 Å². The second kappa shape index (κ2) is 6.94. The minimum Gasteiger partial charge on any atom is -0.270 e. The lowest BCUT2D eigenvalue weighted by molar-refractivity contribution is -0.527. The van der Waals surface area contributed by atoms with Gasteiger partial charge in [-0.3, -0.25) is 14.6 Å². The first-order chi connectivity index (χ1) is 12.8. The van der Waals surface area contributed by atoms with Gasteiger partial charge >= 0.3 is 12.0 Å². The molecular weight excluding hydrogens is 344 g/mol. The molecule has 1 aromatic rings. The molecule has 1 atom stereocenters. The van der Waals surface area contributed by atoms with E-state index >= 15 is 0 Å². The molecule has 2 aliphatic rings. The number of rotatable bonds is 4. The molecule has 8 heteroatoms. The Bertz CT molecular complexity index is 921. The van der Waals surface area contributed by atoms with Gasteiger partial charge in [-0.2, -0.15) is 0 Å². The largest absolute Gasteiger partial charge is 0.421 e. The maximum Gasteiger partial charge on any atom is 0.421 e. The predicted octanol–water partition coefficient (Wildman–Crippen LogP) is 1.54. The highest BCUT2D eigenvalue weighted by Crippen LogP contribution is 2.21. The van der Waals surface area contributed by atoms with Crippen molar-refractivity contribution in [3.63, 3.8) is 0 Å². The Morgan fingerprint density at radius 1 is 1.37 bits per heavy atom. The van der Waals surface area contributed by atoms with Gasteiger partial charge in [-0.1, -0.05) is 29.3 Å². The lowest BCUT2D eigenvalue weighted by Gasteiger charge is -2.34. The summed E-state index contributed by atoms with van der Waals surface area (Å²) in [5.74, 6) is 0.680. The Labute approximate surface area is 158 Å². The number of hydrogen-bond donors (Lipinski definition) is 0. The predicted molar refractivity (Wildman–Crippen MR) is 103 cm³/mol. The summed E-state index contributed by atoms with van der Waals surface area (Å²) in [5, 5.41) is 4.51. The molecule has 1 fully saturated rings. The summed E-state index contributed by atoms with van der Waals surface area (Å²) in [5.41, 5.74) is 2.52. The van der Waals surface area contributed by atoms with E-state index in [1.807, 2.05) is 43.6 Å². The van der Waals surface area contributed by atoms with Crippen LogP contribution in [0.5, 0.6) is 0 Å². The molecule has 2 aliphatic heterocycles. The molecule has 1 unspecified atom stereocenters. The third-order valence-electron chi connectivity index (χ3n) is 4.55. The topological polar surface area (TPSA) is 73.8 Å². The summed E-state index contributed by atoms with van der Waals surface area (Å²) >= 11 is 0. The number of carbonyl (C=O) groups is 2. The number of aryl methyl sites for hydroxylation is 2. The van der Waals surface area contributed by atoms with Crippen molar-refractivity contribution in [3.05, 3.63) is 41.8 Å². The number of carbonyl (C=O) groups excluding carboxylic acids is 2. The molecule has 0 aromatic carbocycles. The fraction of sp³-hybridized carbons (Fsp3) is 0.421. The first kappa shape index (κ1) is 18.8. The number of amidine groups is 1. The number of hydrogen-bond acceptors (Lipinski definition) is 4. The number of aliphatic imine (C=N–C) groups is 1. The fourth-order valence-corrected chi connectivity index (χ4v) is 3.33. The molecule has 8 nitrogen and oxygen atoms in total. The van der Waals surface area contributed by atoms with Crippen molar-refractivity contribution in [2.24, 2.45) is 4.99 Å². The normalized spacial score (nSPS) is 20.0. The van der Waals surface area contributed by atoms with Crippen LogP contribution in [0.3, 0.4) is 0 Å². The van der Waals surface area contributed by atoms with Crippen molar-refractivity contribution in [3.8, 4) is 0 Å². The number of fused-ring (bicyclic) bond motifs is 1. The van der Waals surface area contributed by atoms with Gasteiger partial charge in [-0.25, -0.2) is 9.37 Å². The van der Waals surface area contributed by atoms with Crippen LogP contribution in [0.4, 0.5) is 4.79 Å². The van der Waals surface area contributed by atoms with E-state index in [2.05, 4.69) is 16.7 Å². The third-order valence-corrected chi connectivity index (χ3v) is 4.55. The molecule has 0 bridgehead atoms. The molecule has 3 amide bonds. The molecule has 0 radical (unpaired) electrons. The number of amides is 3. The number of allylic oxidation sites excluding steroid dienone is 1. The molecular formula is C19H25N6O2+. The second-order valence-electron chi connectivity index (χ2n) is 6.96. The average Bonchev–Trinajstić information content (AvgIpc) is 3.14. The molecule has 0 aliphatic carbocycles. The SMILES string of the molecule is C=C(C)CN1C(=O)C2C(=NC(n3nc(C)cc3C)=[N+]2C/C=C/C)N(C)C1=O. The van der Waals surface area contributed by atoms with Crippen molar-refractivity contribution < 1.29 is 14.2 Å². The van der Waals surface area contributed by atoms with Crippen molar-refractivity contribution in [1.29, 1.82) is 0 Å². The summed E-state index contributed by atoms with van der Waals surface area (Å²) in [7, 11) is 1.64. The second-order valence-corrected chi connectivity index (χ2v) is 6.96. The minimum absolute atomic E-state index is 0.193. The highest BCUT2D eigenvalue weighted by atomic mass is 16.2. The average molecular weight is 369 g/mol. The Morgan fingerprint density at radius 2 is 2.07 bits per heavy atom. The molecule has 142 valence electrons. The van der Waals surface area contributed by atoms with E-state index in [9.17, 15) is 9.59 Å². The smallest absolute Gasteiger partial charge is 0.270 e. The van der Waals surface area contributed by atoms with Crippen molar-refractivity contribution in [1.82, 2.24) is 19.6 Å². The van der Waals surface area contributed by atoms with Gasteiger partial charge in [0.1, 0.15) is 5.69 Å². The van der Waals surface area contributed by atoms with E-state index < -0.39 is 12.1 Å². The van der Waals surface area contributed by atoms with Gasteiger partial charge in [0.25, 0.3) is 5.91 Å². The van der Waals surface area contributed by atoms with Crippen LogP contribution in [-0.2, 0) is 4.79 Å². The number of nitrogens with zero attached hydrogens (tertiary/aromatic N) is 6. The Balaban J connectivity index is 2.14. The Morgan fingerprint density at radius 3 is 2.63 bits per heavy atom. The summed E-state index contributed by atoms with van der Waals surface area (Å²) in [6.07, 6.45) is 3.88. The van der Waals surface area contributed by atoms with Crippen molar-refractivity contribution in [2.45, 2.75) is 33.7 Å². The molecule has 0 saturated carbocycles. The maximum atomic E-state index is 13.2. The summed E-state index contributed by atoms with van der Waals surface area (Å²) in [6, 6.07) is 0.897. The van der Waals surface area contributed by atoms with Gasteiger partial charge in [0.2, 0.25) is 11.9 Å². The van der Waals surface area contributed by atoms with Gasteiger partial charge in [0.05, 0.1) is 18.8 Å². The molecule has 0 N–H and O–H groups in total. The van der Waals surface area contributed by atoms with E-state index in [0.29, 0.717) is 18.3 Å². The molecule has 3 rings (SSSR count). The van der Waals surface area contributed by atoms with Crippen molar-refractivity contribution in [2.75, 3.05) is 20.1 Å². The van der Waals surface area contributed by atoms with Gasteiger partial charge in [0, 0.05) is 7.05 Å². The zero-order valence-corrected chi connectivity index (χ0v) is 16.4. The highest BCUT2D eigenvalue weighted by Gasteiger charge is 2.52. The molecule has 3 heterocycles. The van der Waals surface area contributed by atoms with Crippen LogP contribution in [0.2, 0.25) is 0 Å². The zero-order valence-electron chi connectivity index (χ0n) is 16.4. The summed E-state index contributed by atoms with van der Waals surface area (Å²) in [4.78, 5) is 33.2. The van der Waals surface area contributed by atoms with Crippen LogP contribution < -0.4 is 0 Å². The van der Waals surface area contributed by atoms with Crippen LogP contribution in [-0.4, -0.2) is 74.1 Å². The molecule has 0 spiro atoms. The molecule has 1 saturated heterocycles. The quantitative estimate of drug-likeness (QED) is 0.597. The Kier molecular flexibility index (Phi) is 4.82. The lowest BCUT2D eigenvalue weighted by atomic mass is 10.1. The van der Waals surface area contributed by atoms with E-state index in [0.717, 1.165) is 17.0 Å². The lowest BCUT2D eigenvalue weighted by Crippen LogP contribution is -2.63. The van der Waals surface area contributed by atoms with Crippen LogP contribution in [0.25, 0.3) is 0 Å². The Hall–Kier alpha value is -3.03. The van der Waals surface area contributed by atoms with Crippen molar-refractivity contribution >= 4 is 23.7 Å². The fourth-order valence-electron chi connectivity index (χ4n) is 3.33. The van der Waals surface area contributed by atoms with Gasteiger partial charge in [0.15, 0.2) is 0 Å². The standard InChI is InChI=1S/C19H25N6O2/c1-7-8-9-23-15-16(20-18(23)25-14(5)10-13(4)21-25)22(6)19(27)24(17(15)26)11-12(2)3/h7-8,10,15H,2,9,11H2,1,3-6H3/q+1/b8-7+.